The Morgan fingerprint density at radius 2 is 2.13 bits per heavy atom. The van der Waals surface area contributed by atoms with Gasteiger partial charge in [-0.15, -0.1) is 0 Å². The van der Waals surface area contributed by atoms with Crippen molar-refractivity contribution in [3.05, 3.63) is 41.2 Å². The molecule has 1 unspecified atom stereocenters. The molecule has 15 heavy (non-hydrogen) atoms. The monoisotopic (exact) mass is 283 g/mol. The minimum atomic E-state index is 0.382. The molecular weight excluding hydrogens is 273 g/mol. The number of aromatic nitrogens is 1. The molecule has 0 radical (unpaired) electrons. The maximum atomic E-state index is 6.14. The summed E-state index contributed by atoms with van der Waals surface area (Å²) in [6.45, 7) is 2.13. The number of alkyl halides is 1. The zero-order valence-electron chi connectivity index (χ0n) is 8.37. The molecule has 78 valence electrons. The fraction of sp³-hybridized carbons (Fsp3) is 0.250. The number of hydrogen-bond donors (Lipinski definition) is 0. The first-order valence-electron chi connectivity index (χ1n) is 4.83. The van der Waals surface area contributed by atoms with Crippen LogP contribution in [0.3, 0.4) is 0 Å². The molecule has 0 amide bonds. The van der Waals surface area contributed by atoms with Gasteiger partial charge in [-0.25, -0.2) is 4.98 Å². The highest BCUT2D eigenvalue weighted by Gasteiger charge is 2.08. The first kappa shape index (κ1) is 10.9. The van der Waals surface area contributed by atoms with E-state index in [2.05, 4.69) is 40.0 Å². The van der Waals surface area contributed by atoms with Crippen molar-refractivity contribution in [1.29, 1.82) is 0 Å². The van der Waals surface area contributed by atoms with E-state index in [1.165, 1.54) is 0 Å². The molecule has 1 atom stereocenters. The highest BCUT2D eigenvalue weighted by atomic mass is 79.9. The van der Waals surface area contributed by atoms with E-state index in [1.54, 1.807) is 0 Å². The van der Waals surface area contributed by atoms with Crippen LogP contribution in [-0.4, -0.2) is 10.3 Å². The summed E-state index contributed by atoms with van der Waals surface area (Å²) in [6.07, 6.45) is 0. The Hall–Kier alpha value is -0.600. The smallest absolute Gasteiger partial charge is 0.137 e. The Morgan fingerprint density at radius 3 is 2.87 bits per heavy atom. The molecule has 0 bridgehead atoms. The molecule has 3 heteroatoms. The van der Waals surface area contributed by atoms with Crippen LogP contribution < -0.4 is 0 Å². The second-order valence-electron chi connectivity index (χ2n) is 3.61. The Balaban J connectivity index is 2.62. The molecule has 1 aromatic carbocycles. The third kappa shape index (κ3) is 2.16. The van der Waals surface area contributed by atoms with Crippen molar-refractivity contribution >= 4 is 38.3 Å². The maximum absolute atomic E-state index is 6.14. The first-order valence-corrected chi connectivity index (χ1v) is 6.33. The fourth-order valence-electron chi connectivity index (χ4n) is 1.51. The van der Waals surface area contributed by atoms with Gasteiger partial charge in [0.2, 0.25) is 0 Å². The second-order valence-corrected chi connectivity index (χ2v) is 4.62. The Morgan fingerprint density at radius 1 is 1.40 bits per heavy atom. The number of benzene rings is 1. The summed E-state index contributed by atoms with van der Waals surface area (Å²) < 4.78 is 0. The zero-order valence-corrected chi connectivity index (χ0v) is 10.7. The standard InChI is InChI=1S/C12H11BrClN/c1-8(7-13)11-6-9-4-2-3-5-10(9)12(14)15-11/h2-6,8H,7H2,1H3. The summed E-state index contributed by atoms with van der Waals surface area (Å²) in [6, 6.07) is 10.2. The first-order chi connectivity index (χ1) is 7.22. The maximum Gasteiger partial charge on any atom is 0.137 e. The van der Waals surface area contributed by atoms with E-state index in [9.17, 15) is 0 Å². The minimum absolute atomic E-state index is 0.382. The summed E-state index contributed by atoms with van der Waals surface area (Å²) in [5, 5.41) is 3.66. The van der Waals surface area contributed by atoms with E-state index in [0.29, 0.717) is 11.1 Å². The van der Waals surface area contributed by atoms with Crippen molar-refractivity contribution in [3.8, 4) is 0 Å². The van der Waals surface area contributed by atoms with Crippen LogP contribution in [0.4, 0.5) is 0 Å². The van der Waals surface area contributed by atoms with Crippen LogP contribution >= 0.6 is 27.5 Å². The molecule has 2 aromatic rings. The molecule has 0 aliphatic heterocycles. The molecule has 0 aliphatic carbocycles. The van der Waals surface area contributed by atoms with E-state index in [0.717, 1.165) is 21.8 Å². The summed E-state index contributed by atoms with van der Waals surface area (Å²) in [5.41, 5.74) is 1.04. The predicted octanol–water partition coefficient (Wildman–Crippen LogP) is 4.39. The number of fused-ring (bicyclic) bond motifs is 1. The summed E-state index contributed by atoms with van der Waals surface area (Å²) in [5.74, 6) is 0.382. The van der Waals surface area contributed by atoms with E-state index < -0.39 is 0 Å². The molecule has 0 saturated heterocycles. The van der Waals surface area contributed by atoms with Crippen molar-refractivity contribution in [1.82, 2.24) is 4.98 Å². The SMILES string of the molecule is CC(CBr)c1cc2ccccc2c(Cl)n1. The molecular formula is C12H11BrClN. The van der Waals surface area contributed by atoms with Crippen LogP contribution in [0.5, 0.6) is 0 Å². The molecule has 0 saturated carbocycles. The van der Waals surface area contributed by atoms with Crippen LogP contribution in [0.25, 0.3) is 10.8 Å². The van der Waals surface area contributed by atoms with E-state index in [4.69, 9.17) is 11.6 Å². The molecule has 0 N–H and O–H groups in total. The van der Waals surface area contributed by atoms with Crippen molar-refractivity contribution < 1.29 is 0 Å². The van der Waals surface area contributed by atoms with Gasteiger partial charge < -0.3 is 0 Å². The lowest BCUT2D eigenvalue weighted by atomic mass is 10.1. The van der Waals surface area contributed by atoms with Gasteiger partial charge in [0.1, 0.15) is 5.15 Å². The van der Waals surface area contributed by atoms with E-state index in [-0.39, 0.29) is 0 Å². The Labute approximate surface area is 103 Å². The molecule has 2 rings (SSSR count). The van der Waals surface area contributed by atoms with Crippen LogP contribution in [0.15, 0.2) is 30.3 Å². The van der Waals surface area contributed by atoms with Gasteiger partial charge in [0.25, 0.3) is 0 Å². The Bertz CT molecular complexity index is 484. The topological polar surface area (TPSA) is 12.9 Å². The van der Waals surface area contributed by atoms with Crippen LogP contribution in [0, 0.1) is 0 Å². The Kier molecular flexibility index (Phi) is 3.27. The largest absolute Gasteiger partial charge is 0.240 e. The van der Waals surface area contributed by atoms with Gasteiger partial charge in [0.05, 0.1) is 0 Å². The third-order valence-electron chi connectivity index (χ3n) is 2.45. The van der Waals surface area contributed by atoms with Gasteiger partial charge >= 0.3 is 0 Å². The van der Waals surface area contributed by atoms with Crippen molar-refractivity contribution in [2.45, 2.75) is 12.8 Å². The van der Waals surface area contributed by atoms with Crippen LogP contribution in [0.2, 0.25) is 5.15 Å². The van der Waals surface area contributed by atoms with Gasteiger partial charge in [-0.1, -0.05) is 58.7 Å². The summed E-state index contributed by atoms with van der Waals surface area (Å²) in [4.78, 5) is 4.41. The molecule has 0 spiro atoms. The fourth-order valence-corrected chi connectivity index (χ4v) is 2.11. The van der Waals surface area contributed by atoms with Gasteiger partial charge in [-0.05, 0) is 11.5 Å². The highest BCUT2D eigenvalue weighted by Crippen LogP contribution is 2.26. The molecule has 1 aromatic heterocycles. The number of halogens is 2. The van der Waals surface area contributed by atoms with Gasteiger partial charge in [0, 0.05) is 22.3 Å². The van der Waals surface area contributed by atoms with Crippen LogP contribution in [-0.2, 0) is 0 Å². The van der Waals surface area contributed by atoms with Crippen LogP contribution in [0.1, 0.15) is 18.5 Å². The van der Waals surface area contributed by atoms with Crippen molar-refractivity contribution in [3.63, 3.8) is 0 Å². The molecule has 1 nitrogen and oxygen atoms in total. The average Bonchev–Trinajstić information content (AvgIpc) is 2.28. The lowest BCUT2D eigenvalue weighted by Gasteiger charge is -2.09. The number of nitrogens with zero attached hydrogens (tertiary/aromatic N) is 1. The zero-order chi connectivity index (χ0) is 10.8. The average molecular weight is 285 g/mol. The highest BCUT2D eigenvalue weighted by molar-refractivity contribution is 9.09. The summed E-state index contributed by atoms with van der Waals surface area (Å²) in [7, 11) is 0. The van der Waals surface area contributed by atoms with Gasteiger partial charge in [-0.2, -0.15) is 0 Å². The summed E-state index contributed by atoms with van der Waals surface area (Å²) >= 11 is 9.59. The second kappa shape index (κ2) is 4.50. The molecule has 1 heterocycles. The molecule has 0 aliphatic rings. The minimum Gasteiger partial charge on any atom is -0.240 e. The normalized spacial score (nSPS) is 13.0. The predicted molar refractivity (Wildman–Crippen MR) is 69.0 cm³/mol. The lowest BCUT2D eigenvalue weighted by molar-refractivity contribution is 0.845. The van der Waals surface area contributed by atoms with E-state index in [1.807, 2.05) is 18.2 Å². The van der Waals surface area contributed by atoms with E-state index >= 15 is 0 Å². The number of hydrogen-bond acceptors (Lipinski definition) is 1. The molecule has 0 fully saturated rings. The van der Waals surface area contributed by atoms with Crippen molar-refractivity contribution in [2.24, 2.45) is 0 Å². The third-order valence-corrected chi connectivity index (χ3v) is 3.71. The number of pyridine rings is 1. The lowest BCUT2D eigenvalue weighted by Crippen LogP contribution is -1.98. The number of rotatable bonds is 2. The quantitative estimate of drug-likeness (QED) is 0.589. The van der Waals surface area contributed by atoms with Crippen molar-refractivity contribution in [2.75, 3.05) is 5.33 Å². The van der Waals surface area contributed by atoms with Gasteiger partial charge in [0.15, 0.2) is 0 Å². The van der Waals surface area contributed by atoms with Gasteiger partial charge in [-0.3, -0.25) is 0 Å².